The number of likely N-dealkylation sites (tertiary alicyclic amines) is 1. The molecule has 2 heterocycles. The minimum absolute atomic E-state index is 0.0835. The van der Waals surface area contributed by atoms with Gasteiger partial charge in [0.2, 0.25) is 0 Å². The molecule has 114 valence electrons. The molecule has 2 atom stereocenters. The smallest absolute Gasteiger partial charge is 0.270 e. The summed E-state index contributed by atoms with van der Waals surface area (Å²) < 4.78 is 0. The first-order valence-electron chi connectivity index (χ1n) is 7.75. The minimum atomic E-state index is -0.0835. The van der Waals surface area contributed by atoms with Crippen molar-refractivity contribution in [3.05, 3.63) is 66.0 Å². The van der Waals surface area contributed by atoms with E-state index in [1.807, 2.05) is 18.2 Å². The van der Waals surface area contributed by atoms with Gasteiger partial charge < -0.3 is 5.32 Å². The van der Waals surface area contributed by atoms with Crippen LogP contribution in [0.3, 0.4) is 0 Å². The normalized spacial score (nSPS) is 19.8. The van der Waals surface area contributed by atoms with E-state index in [-0.39, 0.29) is 11.9 Å². The number of nitrogens with one attached hydrogen (secondary N) is 1. The van der Waals surface area contributed by atoms with Crippen LogP contribution in [0.1, 0.15) is 35.4 Å². The summed E-state index contributed by atoms with van der Waals surface area (Å²) in [5.74, 6) is -0.0835. The van der Waals surface area contributed by atoms with Gasteiger partial charge in [-0.3, -0.25) is 14.7 Å². The van der Waals surface area contributed by atoms with Crippen molar-refractivity contribution in [3.63, 3.8) is 0 Å². The molecule has 3 rings (SSSR count). The number of amides is 1. The molecule has 1 amide bonds. The molecule has 0 unspecified atom stereocenters. The van der Waals surface area contributed by atoms with Crippen molar-refractivity contribution >= 4 is 5.91 Å². The molecule has 4 heteroatoms. The number of hydrogen-bond donors (Lipinski definition) is 1. The van der Waals surface area contributed by atoms with Crippen LogP contribution in [0, 0.1) is 0 Å². The lowest BCUT2D eigenvalue weighted by atomic mass is 10.1. The highest BCUT2D eigenvalue weighted by molar-refractivity contribution is 5.92. The van der Waals surface area contributed by atoms with Crippen LogP contribution in [0.25, 0.3) is 0 Å². The third-order valence-corrected chi connectivity index (χ3v) is 4.28. The largest absolute Gasteiger partial charge is 0.347 e. The summed E-state index contributed by atoms with van der Waals surface area (Å²) in [5, 5.41) is 3.09. The Morgan fingerprint density at radius 2 is 2.00 bits per heavy atom. The van der Waals surface area contributed by atoms with Gasteiger partial charge in [-0.2, -0.15) is 0 Å². The molecule has 1 saturated heterocycles. The molecule has 22 heavy (non-hydrogen) atoms. The van der Waals surface area contributed by atoms with E-state index in [2.05, 4.69) is 46.4 Å². The maximum absolute atomic E-state index is 12.2. The van der Waals surface area contributed by atoms with E-state index in [4.69, 9.17) is 0 Å². The van der Waals surface area contributed by atoms with Gasteiger partial charge in [0, 0.05) is 31.4 Å². The molecule has 1 aromatic carbocycles. The number of rotatable bonds is 4. The van der Waals surface area contributed by atoms with Crippen LogP contribution < -0.4 is 5.32 Å². The first-order chi connectivity index (χ1) is 10.7. The van der Waals surface area contributed by atoms with Crippen LogP contribution in [-0.2, 0) is 0 Å². The fourth-order valence-electron chi connectivity index (χ4n) is 2.96. The zero-order chi connectivity index (χ0) is 15.4. The molecule has 2 aromatic rings. The molecule has 0 spiro atoms. The van der Waals surface area contributed by atoms with Crippen molar-refractivity contribution in [1.82, 2.24) is 15.2 Å². The summed E-state index contributed by atoms with van der Waals surface area (Å²) in [6.07, 6.45) is 2.63. The number of hydrogen-bond acceptors (Lipinski definition) is 3. The van der Waals surface area contributed by atoms with Crippen molar-refractivity contribution in [2.45, 2.75) is 25.4 Å². The summed E-state index contributed by atoms with van der Waals surface area (Å²) in [4.78, 5) is 18.7. The number of aromatic nitrogens is 1. The van der Waals surface area contributed by atoms with Gasteiger partial charge in [0.1, 0.15) is 5.69 Å². The number of benzene rings is 1. The average Bonchev–Trinajstić information content (AvgIpc) is 3.04. The predicted molar refractivity (Wildman–Crippen MR) is 86.5 cm³/mol. The molecular weight excluding hydrogens is 274 g/mol. The van der Waals surface area contributed by atoms with E-state index in [1.165, 1.54) is 5.56 Å². The molecule has 0 bridgehead atoms. The quantitative estimate of drug-likeness (QED) is 0.943. The van der Waals surface area contributed by atoms with E-state index >= 15 is 0 Å². The van der Waals surface area contributed by atoms with Crippen LogP contribution in [0.15, 0.2) is 54.7 Å². The minimum Gasteiger partial charge on any atom is -0.347 e. The lowest BCUT2D eigenvalue weighted by molar-refractivity contribution is 0.0931. The highest BCUT2D eigenvalue weighted by Gasteiger charge is 2.28. The summed E-state index contributed by atoms with van der Waals surface area (Å²) in [6.45, 7) is 4.11. The monoisotopic (exact) mass is 295 g/mol. The highest BCUT2D eigenvalue weighted by Crippen LogP contribution is 2.24. The number of pyridine rings is 1. The van der Waals surface area contributed by atoms with Crippen LogP contribution in [-0.4, -0.2) is 34.9 Å². The van der Waals surface area contributed by atoms with Gasteiger partial charge in [0.05, 0.1) is 0 Å². The van der Waals surface area contributed by atoms with Gasteiger partial charge in [0.15, 0.2) is 0 Å². The second-order valence-corrected chi connectivity index (χ2v) is 5.76. The van der Waals surface area contributed by atoms with Gasteiger partial charge in [-0.1, -0.05) is 36.4 Å². The Bertz CT molecular complexity index is 615. The van der Waals surface area contributed by atoms with Crippen molar-refractivity contribution in [3.8, 4) is 0 Å². The van der Waals surface area contributed by atoms with Gasteiger partial charge >= 0.3 is 0 Å². The highest BCUT2D eigenvalue weighted by atomic mass is 16.1. The molecule has 1 aliphatic heterocycles. The summed E-state index contributed by atoms with van der Waals surface area (Å²) in [5.41, 5.74) is 1.80. The maximum Gasteiger partial charge on any atom is 0.270 e. The van der Waals surface area contributed by atoms with Crippen LogP contribution >= 0.6 is 0 Å². The third-order valence-electron chi connectivity index (χ3n) is 4.28. The second-order valence-electron chi connectivity index (χ2n) is 5.76. The summed E-state index contributed by atoms with van der Waals surface area (Å²) >= 11 is 0. The maximum atomic E-state index is 12.2. The lowest BCUT2D eigenvalue weighted by Crippen LogP contribution is -2.37. The van der Waals surface area contributed by atoms with E-state index in [0.717, 1.165) is 19.5 Å². The van der Waals surface area contributed by atoms with E-state index in [9.17, 15) is 4.79 Å². The van der Waals surface area contributed by atoms with Gasteiger partial charge in [-0.05, 0) is 31.0 Å². The zero-order valence-electron chi connectivity index (χ0n) is 12.8. The molecular formula is C18H21N3O. The second kappa shape index (κ2) is 6.71. The lowest BCUT2D eigenvalue weighted by Gasteiger charge is -2.24. The molecule has 0 radical (unpaired) electrons. The Hall–Kier alpha value is -2.20. The van der Waals surface area contributed by atoms with Crippen molar-refractivity contribution in [2.24, 2.45) is 0 Å². The van der Waals surface area contributed by atoms with E-state index in [1.54, 1.807) is 12.3 Å². The zero-order valence-corrected chi connectivity index (χ0v) is 12.8. The van der Waals surface area contributed by atoms with Gasteiger partial charge in [-0.15, -0.1) is 0 Å². The molecule has 1 aromatic heterocycles. The van der Waals surface area contributed by atoms with E-state index in [0.29, 0.717) is 11.7 Å². The Morgan fingerprint density at radius 3 is 2.73 bits per heavy atom. The number of nitrogens with zero attached hydrogens (tertiary/aromatic N) is 2. The van der Waals surface area contributed by atoms with Crippen molar-refractivity contribution in [1.29, 1.82) is 0 Å². The molecule has 0 saturated carbocycles. The molecule has 1 fully saturated rings. The van der Waals surface area contributed by atoms with Crippen LogP contribution in [0.5, 0.6) is 0 Å². The van der Waals surface area contributed by atoms with Crippen molar-refractivity contribution in [2.75, 3.05) is 13.1 Å². The van der Waals surface area contributed by atoms with Crippen LogP contribution in [0.4, 0.5) is 0 Å². The third kappa shape index (κ3) is 3.34. The van der Waals surface area contributed by atoms with Gasteiger partial charge in [-0.25, -0.2) is 0 Å². The standard InChI is InChI=1S/C18H21N3O/c1-14(15-7-3-2-4-8-15)21-12-10-16(13-21)20-18(22)17-9-5-6-11-19-17/h2-9,11,14,16H,10,12-13H2,1H3,(H,20,22)/t14-,16+/m0/s1. The predicted octanol–water partition coefficient (Wildman–Crippen LogP) is 2.65. The van der Waals surface area contributed by atoms with Crippen molar-refractivity contribution < 1.29 is 4.79 Å². The first kappa shape index (κ1) is 14.7. The SMILES string of the molecule is C[C@@H](c1ccccc1)N1CC[C@@H](NC(=O)c2ccccn2)C1. The summed E-state index contributed by atoms with van der Waals surface area (Å²) in [7, 11) is 0. The topological polar surface area (TPSA) is 45.2 Å². The number of carbonyl (C=O) groups is 1. The number of carbonyl (C=O) groups excluding carboxylic acids is 1. The molecule has 4 nitrogen and oxygen atoms in total. The Kier molecular flexibility index (Phi) is 4.49. The Morgan fingerprint density at radius 1 is 1.23 bits per heavy atom. The van der Waals surface area contributed by atoms with Gasteiger partial charge in [0.25, 0.3) is 5.91 Å². The van der Waals surface area contributed by atoms with Crippen LogP contribution in [0.2, 0.25) is 0 Å². The fourth-order valence-corrected chi connectivity index (χ4v) is 2.96. The molecule has 0 aliphatic carbocycles. The summed E-state index contributed by atoms with van der Waals surface area (Å²) in [6, 6.07) is 16.5. The average molecular weight is 295 g/mol. The fraction of sp³-hybridized carbons (Fsp3) is 0.333. The van der Waals surface area contributed by atoms with E-state index < -0.39 is 0 Å². The Balaban J connectivity index is 1.57. The molecule has 1 N–H and O–H groups in total. The Labute approximate surface area is 131 Å². The molecule has 1 aliphatic rings. The first-order valence-corrected chi connectivity index (χ1v) is 7.75.